The molecule has 0 aliphatic rings. The number of aliphatic hydroxyl groups excluding tert-OH is 1. The number of nitrogens with two attached hydrogens (primary N) is 1. The summed E-state index contributed by atoms with van der Waals surface area (Å²) in [4.78, 5) is 8.62. The van der Waals surface area contributed by atoms with E-state index in [0.717, 1.165) is 27.8 Å². The summed E-state index contributed by atoms with van der Waals surface area (Å²) in [6.45, 7) is -0.0350. The second kappa shape index (κ2) is 7.21. The molecular formula is C21H20N4O3. The van der Waals surface area contributed by atoms with E-state index in [9.17, 15) is 5.11 Å². The Morgan fingerprint density at radius 2 is 1.86 bits per heavy atom. The van der Waals surface area contributed by atoms with Crippen LogP contribution in [-0.2, 0) is 6.61 Å². The molecule has 0 aliphatic heterocycles. The minimum absolute atomic E-state index is 0.0350. The predicted molar refractivity (Wildman–Crippen MR) is 108 cm³/mol. The van der Waals surface area contributed by atoms with Gasteiger partial charge in [0.2, 0.25) is 0 Å². The molecule has 2 heterocycles. The van der Waals surface area contributed by atoms with Gasteiger partial charge in [0.1, 0.15) is 12.1 Å². The number of aliphatic hydroxyl groups is 1. The van der Waals surface area contributed by atoms with Gasteiger partial charge in [0.15, 0.2) is 17.1 Å². The van der Waals surface area contributed by atoms with Gasteiger partial charge in [-0.3, -0.25) is 0 Å². The topological polar surface area (TPSA) is 95.4 Å². The van der Waals surface area contributed by atoms with Crippen LogP contribution in [0.3, 0.4) is 0 Å². The van der Waals surface area contributed by atoms with Gasteiger partial charge in [-0.15, -0.1) is 0 Å². The highest BCUT2D eigenvalue weighted by Gasteiger charge is 2.17. The van der Waals surface area contributed by atoms with Gasteiger partial charge in [0.25, 0.3) is 0 Å². The fourth-order valence-electron chi connectivity index (χ4n) is 3.31. The standard InChI is InChI=1S/C21H20N4O3/c1-27-17-7-6-14(9-18(17)28-2)16-10-25(15-5-3-4-13(8-15)11-26)21-19(16)20(22)23-12-24-21/h3-10,12,26H,11H2,1-2H3,(H2,22,23,24). The zero-order chi connectivity index (χ0) is 19.7. The minimum atomic E-state index is -0.0350. The number of methoxy groups -OCH3 is 2. The molecule has 0 spiro atoms. The van der Waals surface area contributed by atoms with Gasteiger partial charge in [-0.05, 0) is 35.4 Å². The van der Waals surface area contributed by atoms with E-state index in [2.05, 4.69) is 9.97 Å². The van der Waals surface area contributed by atoms with Crippen LogP contribution in [0.1, 0.15) is 5.56 Å². The molecule has 0 saturated carbocycles. The van der Waals surface area contributed by atoms with Gasteiger partial charge in [-0.25, -0.2) is 9.97 Å². The van der Waals surface area contributed by atoms with Crippen molar-refractivity contribution in [2.75, 3.05) is 20.0 Å². The van der Waals surface area contributed by atoms with Gasteiger partial charge >= 0.3 is 0 Å². The van der Waals surface area contributed by atoms with Crippen molar-refractivity contribution >= 4 is 16.9 Å². The summed E-state index contributed by atoms with van der Waals surface area (Å²) in [6.07, 6.45) is 3.41. The first kappa shape index (κ1) is 17.8. The number of hydrogen-bond donors (Lipinski definition) is 2. The summed E-state index contributed by atoms with van der Waals surface area (Å²) in [5, 5.41) is 10.2. The predicted octanol–water partition coefficient (Wildman–Crippen LogP) is 3.18. The van der Waals surface area contributed by atoms with Crippen LogP contribution in [0.15, 0.2) is 55.0 Å². The summed E-state index contributed by atoms with van der Waals surface area (Å²) in [7, 11) is 3.20. The second-order valence-corrected chi connectivity index (χ2v) is 6.27. The molecule has 0 amide bonds. The fraction of sp³-hybridized carbons (Fsp3) is 0.143. The molecule has 7 heteroatoms. The van der Waals surface area contributed by atoms with E-state index < -0.39 is 0 Å². The summed E-state index contributed by atoms with van der Waals surface area (Å²) < 4.78 is 12.7. The van der Waals surface area contributed by atoms with Crippen LogP contribution in [0, 0.1) is 0 Å². The fourth-order valence-corrected chi connectivity index (χ4v) is 3.31. The highest BCUT2D eigenvalue weighted by Crippen LogP contribution is 2.38. The third kappa shape index (κ3) is 2.91. The van der Waals surface area contributed by atoms with Crippen LogP contribution < -0.4 is 15.2 Å². The molecule has 0 saturated heterocycles. The first-order valence-electron chi connectivity index (χ1n) is 8.70. The normalized spacial score (nSPS) is 11.0. The lowest BCUT2D eigenvalue weighted by molar-refractivity contribution is 0.282. The number of hydrogen-bond acceptors (Lipinski definition) is 6. The van der Waals surface area contributed by atoms with Crippen LogP contribution in [0.25, 0.3) is 27.8 Å². The molecule has 2 aromatic heterocycles. The van der Waals surface area contributed by atoms with Gasteiger partial charge in [0, 0.05) is 17.4 Å². The molecule has 7 nitrogen and oxygen atoms in total. The number of aromatic nitrogens is 3. The molecule has 0 bridgehead atoms. The monoisotopic (exact) mass is 376 g/mol. The van der Waals surface area contributed by atoms with Gasteiger partial charge in [-0.2, -0.15) is 0 Å². The Hall–Kier alpha value is -3.58. The van der Waals surface area contributed by atoms with E-state index in [0.29, 0.717) is 23.0 Å². The van der Waals surface area contributed by atoms with Crippen molar-refractivity contribution in [2.45, 2.75) is 6.61 Å². The minimum Gasteiger partial charge on any atom is -0.493 e. The van der Waals surface area contributed by atoms with Crippen LogP contribution in [-0.4, -0.2) is 33.9 Å². The smallest absolute Gasteiger partial charge is 0.161 e. The van der Waals surface area contributed by atoms with Crippen molar-refractivity contribution in [3.05, 3.63) is 60.6 Å². The zero-order valence-corrected chi connectivity index (χ0v) is 15.6. The van der Waals surface area contributed by atoms with Gasteiger partial charge in [0.05, 0.1) is 26.2 Å². The van der Waals surface area contributed by atoms with E-state index in [1.54, 1.807) is 14.2 Å². The summed E-state index contributed by atoms with van der Waals surface area (Å²) >= 11 is 0. The Labute approximate surface area is 162 Å². The molecule has 4 rings (SSSR count). The van der Waals surface area contributed by atoms with E-state index in [1.807, 2.05) is 53.2 Å². The van der Waals surface area contributed by atoms with Crippen molar-refractivity contribution in [1.82, 2.24) is 14.5 Å². The van der Waals surface area contributed by atoms with Crippen molar-refractivity contribution < 1.29 is 14.6 Å². The Balaban J connectivity index is 1.98. The molecule has 2 aromatic carbocycles. The number of nitrogens with zero attached hydrogens (tertiary/aromatic N) is 3. The Morgan fingerprint density at radius 1 is 1.04 bits per heavy atom. The van der Waals surface area contributed by atoms with Crippen LogP contribution in [0.5, 0.6) is 11.5 Å². The molecule has 0 radical (unpaired) electrons. The van der Waals surface area contributed by atoms with Crippen molar-refractivity contribution in [2.24, 2.45) is 0 Å². The van der Waals surface area contributed by atoms with E-state index in [4.69, 9.17) is 15.2 Å². The van der Waals surface area contributed by atoms with Crippen LogP contribution in [0.2, 0.25) is 0 Å². The van der Waals surface area contributed by atoms with Crippen molar-refractivity contribution in [1.29, 1.82) is 0 Å². The highest BCUT2D eigenvalue weighted by molar-refractivity contribution is 6.01. The SMILES string of the molecule is COc1ccc(-c2cn(-c3cccc(CO)c3)c3ncnc(N)c23)cc1OC. The zero-order valence-electron chi connectivity index (χ0n) is 15.6. The van der Waals surface area contributed by atoms with Gasteiger partial charge < -0.3 is 24.9 Å². The van der Waals surface area contributed by atoms with Crippen LogP contribution >= 0.6 is 0 Å². The van der Waals surface area contributed by atoms with E-state index >= 15 is 0 Å². The second-order valence-electron chi connectivity index (χ2n) is 6.27. The lowest BCUT2D eigenvalue weighted by atomic mass is 10.1. The summed E-state index contributed by atoms with van der Waals surface area (Å²) in [5.41, 5.74) is 10.4. The quantitative estimate of drug-likeness (QED) is 0.555. The van der Waals surface area contributed by atoms with E-state index in [1.165, 1.54) is 6.33 Å². The third-order valence-electron chi connectivity index (χ3n) is 4.68. The average Bonchev–Trinajstić information content (AvgIpc) is 3.14. The molecule has 0 unspecified atom stereocenters. The average molecular weight is 376 g/mol. The first-order valence-corrected chi connectivity index (χ1v) is 8.70. The lowest BCUT2D eigenvalue weighted by Crippen LogP contribution is -1.97. The van der Waals surface area contributed by atoms with Crippen molar-refractivity contribution in [3.8, 4) is 28.3 Å². The Morgan fingerprint density at radius 3 is 2.61 bits per heavy atom. The molecule has 3 N–H and O–H groups in total. The Bertz CT molecular complexity index is 1150. The number of anilines is 1. The summed E-state index contributed by atoms with van der Waals surface area (Å²) in [5.74, 6) is 1.67. The molecule has 0 fully saturated rings. The molecule has 142 valence electrons. The molecule has 0 atom stereocenters. The highest BCUT2D eigenvalue weighted by atomic mass is 16.5. The van der Waals surface area contributed by atoms with Crippen LogP contribution in [0.4, 0.5) is 5.82 Å². The van der Waals surface area contributed by atoms with Gasteiger partial charge in [-0.1, -0.05) is 18.2 Å². The Kier molecular flexibility index (Phi) is 4.58. The first-order chi connectivity index (χ1) is 13.7. The maximum Gasteiger partial charge on any atom is 0.161 e. The molecular weight excluding hydrogens is 356 g/mol. The largest absolute Gasteiger partial charge is 0.493 e. The van der Waals surface area contributed by atoms with E-state index in [-0.39, 0.29) is 6.61 Å². The number of ether oxygens (including phenoxy) is 2. The number of fused-ring (bicyclic) bond motifs is 1. The maximum absolute atomic E-state index is 9.48. The number of rotatable bonds is 5. The lowest BCUT2D eigenvalue weighted by Gasteiger charge is -2.09. The summed E-state index contributed by atoms with van der Waals surface area (Å²) in [6, 6.07) is 13.3. The number of nitrogen functional groups attached to an aromatic ring is 1. The third-order valence-corrected chi connectivity index (χ3v) is 4.68. The maximum atomic E-state index is 9.48. The molecule has 28 heavy (non-hydrogen) atoms. The van der Waals surface area contributed by atoms with Crippen molar-refractivity contribution in [3.63, 3.8) is 0 Å². The number of benzene rings is 2. The molecule has 4 aromatic rings. The molecule has 0 aliphatic carbocycles.